The zero-order valence-corrected chi connectivity index (χ0v) is 11.3. The smallest absolute Gasteiger partial charge is 0.257 e. The number of morpholine rings is 1. The molecule has 0 amide bonds. The second-order valence-electron chi connectivity index (χ2n) is 4.93. The highest BCUT2D eigenvalue weighted by Gasteiger charge is 2.22. The standard InChI is InChI=1S/C15H14N4O2/c1-2-10-8-11(3-4-12(10)17-5-1)14-18-15(21-19-14)13-9-16-6-7-20-13/h1-5,8,13,16H,6-7,9H2. The Morgan fingerprint density at radius 2 is 2.24 bits per heavy atom. The summed E-state index contributed by atoms with van der Waals surface area (Å²) in [6.45, 7) is 2.21. The number of benzene rings is 1. The number of hydrogen-bond acceptors (Lipinski definition) is 6. The molecule has 0 bridgehead atoms. The Bertz CT molecular complexity index is 765. The highest BCUT2D eigenvalue weighted by Crippen LogP contribution is 2.24. The first kappa shape index (κ1) is 12.4. The van der Waals surface area contributed by atoms with Gasteiger partial charge in [-0.2, -0.15) is 4.98 Å². The van der Waals surface area contributed by atoms with Gasteiger partial charge in [-0.25, -0.2) is 0 Å². The largest absolute Gasteiger partial charge is 0.366 e. The highest BCUT2D eigenvalue weighted by atomic mass is 16.5. The lowest BCUT2D eigenvalue weighted by Gasteiger charge is -2.19. The molecule has 3 heterocycles. The highest BCUT2D eigenvalue weighted by molar-refractivity contribution is 5.82. The zero-order valence-electron chi connectivity index (χ0n) is 11.3. The number of hydrogen-bond donors (Lipinski definition) is 1. The van der Waals surface area contributed by atoms with E-state index in [9.17, 15) is 0 Å². The summed E-state index contributed by atoms with van der Waals surface area (Å²) < 4.78 is 10.9. The van der Waals surface area contributed by atoms with Crippen LogP contribution in [0, 0.1) is 0 Å². The summed E-state index contributed by atoms with van der Waals surface area (Å²) in [4.78, 5) is 8.75. The first-order chi connectivity index (χ1) is 10.4. The summed E-state index contributed by atoms with van der Waals surface area (Å²) in [5.41, 5.74) is 1.86. The molecule has 2 aromatic heterocycles. The lowest BCUT2D eigenvalue weighted by molar-refractivity contribution is 0.00755. The molecular formula is C15H14N4O2. The van der Waals surface area contributed by atoms with E-state index < -0.39 is 0 Å². The van der Waals surface area contributed by atoms with Crippen LogP contribution in [0.4, 0.5) is 0 Å². The van der Waals surface area contributed by atoms with E-state index in [0.717, 1.165) is 23.0 Å². The molecule has 1 unspecified atom stereocenters. The minimum Gasteiger partial charge on any atom is -0.366 e. The van der Waals surface area contributed by atoms with Crippen molar-refractivity contribution in [3.63, 3.8) is 0 Å². The topological polar surface area (TPSA) is 73.1 Å². The molecule has 3 aromatic rings. The van der Waals surface area contributed by atoms with E-state index in [1.165, 1.54) is 0 Å². The monoisotopic (exact) mass is 282 g/mol. The van der Waals surface area contributed by atoms with Gasteiger partial charge in [-0.05, 0) is 24.3 Å². The number of nitrogens with zero attached hydrogens (tertiary/aromatic N) is 3. The van der Waals surface area contributed by atoms with Gasteiger partial charge in [0.2, 0.25) is 5.82 Å². The number of fused-ring (bicyclic) bond motifs is 1. The predicted octanol–water partition coefficient (Wildman–Crippen LogP) is 1.95. The van der Waals surface area contributed by atoms with E-state index in [0.29, 0.717) is 24.9 Å². The van der Waals surface area contributed by atoms with Crippen molar-refractivity contribution >= 4 is 10.9 Å². The van der Waals surface area contributed by atoms with Gasteiger partial charge in [0.1, 0.15) is 6.10 Å². The maximum atomic E-state index is 5.61. The third kappa shape index (κ3) is 2.39. The first-order valence-corrected chi connectivity index (χ1v) is 6.91. The number of rotatable bonds is 2. The second-order valence-corrected chi connectivity index (χ2v) is 4.93. The van der Waals surface area contributed by atoms with Crippen molar-refractivity contribution in [2.45, 2.75) is 6.10 Å². The fourth-order valence-electron chi connectivity index (χ4n) is 2.42. The molecule has 0 radical (unpaired) electrons. The number of pyridine rings is 1. The van der Waals surface area contributed by atoms with Crippen LogP contribution in [0.3, 0.4) is 0 Å². The average Bonchev–Trinajstić information content (AvgIpc) is 3.05. The molecule has 1 aromatic carbocycles. The molecule has 6 heteroatoms. The predicted molar refractivity (Wildman–Crippen MR) is 76.6 cm³/mol. The molecule has 1 aliphatic heterocycles. The Balaban J connectivity index is 1.67. The van der Waals surface area contributed by atoms with E-state index in [1.54, 1.807) is 6.20 Å². The van der Waals surface area contributed by atoms with Gasteiger partial charge in [0.25, 0.3) is 5.89 Å². The van der Waals surface area contributed by atoms with Crippen LogP contribution in [-0.2, 0) is 4.74 Å². The van der Waals surface area contributed by atoms with E-state index in [4.69, 9.17) is 9.26 Å². The first-order valence-electron chi connectivity index (χ1n) is 6.91. The van der Waals surface area contributed by atoms with Crippen molar-refractivity contribution in [1.29, 1.82) is 0 Å². The van der Waals surface area contributed by atoms with E-state index in [1.807, 2.05) is 30.3 Å². The molecule has 0 spiro atoms. The molecular weight excluding hydrogens is 268 g/mol. The molecule has 21 heavy (non-hydrogen) atoms. The number of ether oxygens (including phenoxy) is 1. The maximum absolute atomic E-state index is 5.61. The third-order valence-corrected chi connectivity index (χ3v) is 3.51. The summed E-state index contributed by atoms with van der Waals surface area (Å²) in [6.07, 6.45) is 1.61. The Kier molecular flexibility index (Phi) is 3.10. The van der Waals surface area contributed by atoms with Crippen LogP contribution in [0.2, 0.25) is 0 Å². The fraction of sp³-hybridized carbons (Fsp3) is 0.267. The van der Waals surface area contributed by atoms with Crippen LogP contribution in [0.1, 0.15) is 12.0 Å². The summed E-state index contributed by atoms with van der Waals surface area (Å²) in [6, 6.07) is 9.84. The lowest BCUT2D eigenvalue weighted by atomic mass is 10.1. The van der Waals surface area contributed by atoms with E-state index >= 15 is 0 Å². The molecule has 1 fully saturated rings. The van der Waals surface area contributed by atoms with Crippen LogP contribution >= 0.6 is 0 Å². The zero-order chi connectivity index (χ0) is 14.1. The molecule has 1 saturated heterocycles. The molecule has 4 rings (SSSR count). The van der Waals surface area contributed by atoms with E-state index in [-0.39, 0.29) is 6.10 Å². The van der Waals surface area contributed by atoms with Crippen molar-refractivity contribution < 1.29 is 9.26 Å². The van der Waals surface area contributed by atoms with Crippen molar-refractivity contribution in [3.05, 3.63) is 42.4 Å². The van der Waals surface area contributed by atoms with Gasteiger partial charge < -0.3 is 14.6 Å². The Labute approximate surface area is 121 Å². The third-order valence-electron chi connectivity index (χ3n) is 3.51. The van der Waals surface area contributed by atoms with Gasteiger partial charge in [0.05, 0.1) is 12.1 Å². The van der Waals surface area contributed by atoms with Gasteiger partial charge >= 0.3 is 0 Å². The van der Waals surface area contributed by atoms with Crippen LogP contribution in [0.5, 0.6) is 0 Å². The normalized spacial score (nSPS) is 19.0. The molecule has 0 aliphatic carbocycles. The quantitative estimate of drug-likeness (QED) is 0.774. The molecule has 1 N–H and O–H groups in total. The van der Waals surface area contributed by atoms with Crippen LogP contribution in [0.25, 0.3) is 22.3 Å². The average molecular weight is 282 g/mol. The van der Waals surface area contributed by atoms with Crippen molar-refractivity contribution in [2.75, 3.05) is 19.7 Å². The van der Waals surface area contributed by atoms with Crippen molar-refractivity contribution in [1.82, 2.24) is 20.4 Å². The van der Waals surface area contributed by atoms with Gasteiger partial charge in [-0.3, -0.25) is 4.98 Å². The lowest BCUT2D eigenvalue weighted by Crippen LogP contribution is -2.33. The molecule has 6 nitrogen and oxygen atoms in total. The van der Waals surface area contributed by atoms with Crippen LogP contribution in [0.15, 0.2) is 41.1 Å². The SMILES string of the molecule is c1cnc2ccc(-c3noc(C4CNCCO4)n3)cc2c1. The van der Waals surface area contributed by atoms with Crippen LogP contribution < -0.4 is 5.32 Å². The fourth-order valence-corrected chi connectivity index (χ4v) is 2.42. The van der Waals surface area contributed by atoms with Crippen molar-refractivity contribution in [3.8, 4) is 11.4 Å². The summed E-state index contributed by atoms with van der Waals surface area (Å²) >= 11 is 0. The summed E-state index contributed by atoms with van der Waals surface area (Å²) in [7, 11) is 0. The molecule has 0 saturated carbocycles. The van der Waals surface area contributed by atoms with Gasteiger partial charge in [0, 0.05) is 30.2 Å². The number of aromatic nitrogens is 3. The summed E-state index contributed by atoms with van der Waals surface area (Å²) in [5.74, 6) is 1.09. The Hall–Kier alpha value is -2.31. The van der Waals surface area contributed by atoms with Crippen LogP contribution in [-0.4, -0.2) is 34.8 Å². The van der Waals surface area contributed by atoms with Gasteiger partial charge in [-0.15, -0.1) is 0 Å². The maximum Gasteiger partial charge on any atom is 0.257 e. The molecule has 106 valence electrons. The minimum atomic E-state index is -0.165. The minimum absolute atomic E-state index is 0.165. The van der Waals surface area contributed by atoms with Gasteiger partial charge in [-0.1, -0.05) is 11.2 Å². The van der Waals surface area contributed by atoms with Gasteiger partial charge in [0.15, 0.2) is 0 Å². The molecule has 1 aliphatic rings. The van der Waals surface area contributed by atoms with E-state index in [2.05, 4.69) is 20.4 Å². The molecule has 1 atom stereocenters. The van der Waals surface area contributed by atoms with Crippen molar-refractivity contribution in [2.24, 2.45) is 0 Å². The number of nitrogens with one attached hydrogen (secondary N) is 1. The second kappa shape index (κ2) is 5.23. The summed E-state index contributed by atoms with van der Waals surface area (Å²) in [5, 5.41) is 8.35. The Morgan fingerprint density at radius 3 is 3.14 bits per heavy atom. The Morgan fingerprint density at radius 1 is 1.24 bits per heavy atom.